The molecule has 6 nitrogen and oxygen atoms in total. The Hall–Kier alpha value is -2.31. The van der Waals surface area contributed by atoms with Crippen molar-refractivity contribution in [1.29, 1.82) is 0 Å². The lowest BCUT2D eigenvalue weighted by molar-refractivity contribution is 0.101. The first-order valence-corrected chi connectivity index (χ1v) is 9.51. The van der Waals surface area contributed by atoms with Gasteiger partial charge in [0.05, 0.1) is 16.6 Å². The van der Waals surface area contributed by atoms with Crippen LogP contribution < -0.4 is 5.32 Å². The zero-order chi connectivity index (χ0) is 19.0. The lowest BCUT2D eigenvalue weighted by Crippen LogP contribution is -2.18. The van der Waals surface area contributed by atoms with Gasteiger partial charge in [-0.05, 0) is 36.5 Å². The normalized spacial score (nSPS) is 16.2. The summed E-state index contributed by atoms with van der Waals surface area (Å²) in [6, 6.07) is 7.17. The first-order chi connectivity index (χ1) is 13.0. The number of aromatic nitrogens is 3. The zero-order valence-electron chi connectivity index (χ0n) is 14.7. The minimum Gasteiger partial charge on any atom is -0.360 e. The third-order valence-corrected chi connectivity index (χ3v) is 5.45. The summed E-state index contributed by atoms with van der Waals surface area (Å²) in [6.07, 6.45) is 4.49. The quantitative estimate of drug-likeness (QED) is 0.689. The Balaban J connectivity index is 1.46. The van der Waals surface area contributed by atoms with Crippen LogP contribution in [0, 0.1) is 5.92 Å². The van der Waals surface area contributed by atoms with Crippen molar-refractivity contribution in [2.75, 3.05) is 5.32 Å². The molecule has 8 heteroatoms. The number of benzene rings is 1. The van der Waals surface area contributed by atoms with Crippen LogP contribution in [0.25, 0.3) is 0 Å². The molecule has 0 radical (unpaired) electrons. The van der Waals surface area contributed by atoms with Gasteiger partial charge in [-0.25, -0.2) is 0 Å². The predicted molar refractivity (Wildman–Crippen MR) is 103 cm³/mol. The fourth-order valence-electron chi connectivity index (χ4n) is 3.27. The van der Waals surface area contributed by atoms with Crippen LogP contribution >= 0.6 is 23.2 Å². The predicted octanol–water partition coefficient (Wildman–Crippen LogP) is 4.60. The number of hydrogen-bond donors (Lipinski definition) is 1. The summed E-state index contributed by atoms with van der Waals surface area (Å²) in [5, 5.41) is 12.2. The number of halogens is 2. The second-order valence-electron chi connectivity index (χ2n) is 6.88. The van der Waals surface area contributed by atoms with E-state index in [1.807, 2.05) is 6.07 Å². The van der Waals surface area contributed by atoms with Gasteiger partial charge in [-0.2, -0.15) is 5.10 Å². The Kier molecular flexibility index (Phi) is 4.93. The van der Waals surface area contributed by atoms with Crippen molar-refractivity contribution in [3.63, 3.8) is 0 Å². The Morgan fingerprint density at radius 2 is 2.19 bits per heavy atom. The van der Waals surface area contributed by atoms with Crippen LogP contribution in [0.1, 0.15) is 40.7 Å². The maximum atomic E-state index is 12.6. The molecule has 2 aromatic heterocycles. The van der Waals surface area contributed by atoms with E-state index in [-0.39, 0.29) is 5.91 Å². The second-order valence-corrected chi connectivity index (χ2v) is 7.70. The van der Waals surface area contributed by atoms with Crippen LogP contribution in [-0.2, 0) is 19.4 Å². The second kappa shape index (κ2) is 7.37. The molecule has 1 aliphatic carbocycles. The highest BCUT2D eigenvalue weighted by Crippen LogP contribution is 2.28. The van der Waals surface area contributed by atoms with Gasteiger partial charge in [-0.1, -0.05) is 41.3 Å². The van der Waals surface area contributed by atoms with E-state index in [9.17, 15) is 4.79 Å². The Labute approximate surface area is 166 Å². The molecule has 1 aliphatic rings. The van der Waals surface area contributed by atoms with Crippen molar-refractivity contribution in [3.8, 4) is 0 Å². The Bertz CT molecular complexity index is 996. The number of aryl methyl sites for hydroxylation is 1. The molecule has 1 N–H and O–H groups in total. The third kappa shape index (κ3) is 3.87. The molecule has 3 aromatic rings. The van der Waals surface area contributed by atoms with E-state index >= 15 is 0 Å². The summed E-state index contributed by atoms with van der Waals surface area (Å²) in [5.74, 6) is 1.51. The van der Waals surface area contributed by atoms with Crippen LogP contribution in [0.15, 0.2) is 35.0 Å². The largest absolute Gasteiger partial charge is 0.360 e. The fourth-order valence-corrected chi connectivity index (χ4v) is 3.59. The summed E-state index contributed by atoms with van der Waals surface area (Å²) in [5.41, 5.74) is 2.24. The standard InChI is InChI=1S/C19H18Cl2N4O2/c1-11-2-5-16-13(8-11)18(24-27-16)19(26)22-17-6-7-25(23-17)10-12-3-4-14(20)15(21)9-12/h3-4,6-7,9,11H,2,5,8,10H2,1H3,(H,22,23,26). The van der Waals surface area contributed by atoms with Gasteiger partial charge >= 0.3 is 0 Å². The van der Waals surface area contributed by atoms with Crippen molar-refractivity contribution in [2.24, 2.45) is 5.92 Å². The lowest BCUT2D eigenvalue weighted by atomic mass is 9.88. The van der Waals surface area contributed by atoms with E-state index in [1.54, 1.807) is 29.1 Å². The van der Waals surface area contributed by atoms with E-state index in [0.29, 0.717) is 34.0 Å². The molecule has 0 spiro atoms. The number of nitrogens with one attached hydrogen (secondary N) is 1. The smallest absolute Gasteiger partial charge is 0.279 e. The summed E-state index contributed by atoms with van der Waals surface area (Å²) in [6.45, 7) is 2.69. The lowest BCUT2D eigenvalue weighted by Gasteiger charge is -2.16. The molecule has 0 saturated carbocycles. The number of nitrogens with zero attached hydrogens (tertiary/aromatic N) is 3. The van der Waals surface area contributed by atoms with E-state index in [0.717, 1.165) is 36.1 Å². The van der Waals surface area contributed by atoms with Crippen molar-refractivity contribution >= 4 is 34.9 Å². The number of anilines is 1. The Morgan fingerprint density at radius 3 is 3.00 bits per heavy atom. The fraction of sp³-hybridized carbons (Fsp3) is 0.316. The van der Waals surface area contributed by atoms with Crippen LogP contribution in [-0.4, -0.2) is 20.8 Å². The maximum Gasteiger partial charge on any atom is 0.279 e. The highest BCUT2D eigenvalue weighted by atomic mass is 35.5. The minimum absolute atomic E-state index is 0.297. The SMILES string of the molecule is CC1CCc2onc(C(=O)Nc3ccn(Cc4ccc(Cl)c(Cl)c4)n3)c2C1. The third-order valence-electron chi connectivity index (χ3n) is 4.71. The van der Waals surface area contributed by atoms with Crippen molar-refractivity contribution in [1.82, 2.24) is 14.9 Å². The number of amides is 1. The molecular formula is C19H18Cl2N4O2. The first-order valence-electron chi connectivity index (χ1n) is 8.75. The first kappa shape index (κ1) is 18.1. The van der Waals surface area contributed by atoms with Gasteiger partial charge in [0.2, 0.25) is 0 Å². The van der Waals surface area contributed by atoms with Crippen LogP contribution in [0.5, 0.6) is 0 Å². The highest BCUT2D eigenvalue weighted by molar-refractivity contribution is 6.42. The number of hydrogen-bond acceptors (Lipinski definition) is 4. The minimum atomic E-state index is -0.297. The summed E-state index contributed by atoms with van der Waals surface area (Å²) >= 11 is 12.0. The van der Waals surface area contributed by atoms with E-state index in [1.165, 1.54) is 0 Å². The van der Waals surface area contributed by atoms with E-state index in [2.05, 4.69) is 22.5 Å². The van der Waals surface area contributed by atoms with Crippen LogP contribution in [0.4, 0.5) is 5.82 Å². The summed E-state index contributed by atoms with van der Waals surface area (Å²) < 4.78 is 7.06. The molecule has 140 valence electrons. The number of fused-ring (bicyclic) bond motifs is 1. The topological polar surface area (TPSA) is 73.0 Å². The van der Waals surface area contributed by atoms with Crippen molar-refractivity contribution in [2.45, 2.75) is 32.7 Å². The van der Waals surface area contributed by atoms with Gasteiger partial charge in [-0.15, -0.1) is 0 Å². The van der Waals surface area contributed by atoms with Crippen molar-refractivity contribution < 1.29 is 9.32 Å². The number of carbonyl (C=O) groups is 1. The molecular weight excluding hydrogens is 387 g/mol. The molecule has 0 bridgehead atoms. The molecule has 1 aromatic carbocycles. The van der Waals surface area contributed by atoms with Crippen LogP contribution in [0.2, 0.25) is 10.0 Å². The van der Waals surface area contributed by atoms with E-state index in [4.69, 9.17) is 27.7 Å². The maximum absolute atomic E-state index is 12.6. The molecule has 1 amide bonds. The average molecular weight is 405 g/mol. The van der Waals surface area contributed by atoms with Gasteiger partial charge in [0.15, 0.2) is 11.5 Å². The zero-order valence-corrected chi connectivity index (χ0v) is 16.2. The molecule has 0 fully saturated rings. The highest BCUT2D eigenvalue weighted by Gasteiger charge is 2.27. The molecule has 4 rings (SSSR count). The van der Waals surface area contributed by atoms with Gasteiger partial charge in [0.25, 0.3) is 5.91 Å². The molecule has 1 atom stereocenters. The monoisotopic (exact) mass is 404 g/mol. The number of rotatable bonds is 4. The van der Waals surface area contributed by atoms with Crippen LogP contribution in [0.3, 0.4) is 0 Å². The summed E-state index contributed by atoms with van der Waals surface area (Å²) in [7, 11) is 0. The molecule has 0 saturated heterocycles. The summed E-state index contributed by atoms with van der Waals surface area (Å²) in [4.78, 5) is 12.6. The van der Waals surface area contributed by atoms with Gasteiger partial charge in [0.1, 0.15) is 5.76 Å². The van der Waals surface area contributed by atoms with Gasteiger partial charge < -0.3 is 9.84 Å². The Morgan fingerprint density at radius 1 is 1.33 bits per heavy atom. The van der Waals surface area contributed by atoms with E-state index < -0.39 is 0 Å². The molecule has 2 heterocycles. The molecule has 0 aliphatic heterocycles. The molecule has 27 heavy (non-hydrogen) atoms. The number of carbonyl (C=O) groups excluding carboxylic acids is 1. The van der Waals surface area contributed by atoms with Gasteiger partial charge in [0, 0.05) is 24.2 Å². The average Bonchev–Trinajstić information content (AvgIpc) is 3.24. The van der Waals surface area contributed by atoms with Gasteiger partial charge in [-0.3, -0.25) is 9.48 Å². The van der Waals surface area contributed by atoms with Crippen molar-refractivity contribution in [3.05, 3.63) is 63.1 Å². The molecule has 1 unspecified atom stereocenters.